The molecule has 0 aliphatic carbocycles. The molecule has 1 aromatic carbocycles. The predicted molar refractivity (Wildman–Crippen MR) is 84.4 cm³/mol. The van der Waals surface area contributed by atoms with Crippen LogP contribution in [0.5, 0.6) is 0 Å². The number of anilines is 1. The van der Waals surface area contributed by atoms with Crippen LogP contribution < -0.4 is 10.6 Å². The molecule has 0 spiro atoms. The largest absolute Gasteiger partial charge is 0.468 e. The molecule has 1 aromatic rings. The van der Waals surface area contributed by atoms with Crippen molar-refractivity contribution >= 4 is 29.3 Å². The molecule has 1 aliphatic heterocycles. The first-order valence-electron chi connectivity index (χ1n) is 6.85. The first-order valence-corrected chi connectivity index (χ1v) is 8.01. The number of nitrogens with two attached hydrogens (primary N) is 1. The molecule has 1 aliphatic rings. The highest BCUT2D eigenvalue weighted by molar-refractivity contribution is 8.00. The van der Waals surface area contributed by atoms with Gasteiger partial charge in [0, 0.05) is 17.5 Å². The van der Waals surface area contributed by atoms with Crippen LogP contribution in [-0.2, 0) is 20.7 Å². The van der Waals surface area contributed by atoms with E-state index in [1.54, 1.807) is 0 Å². The number of thioether (sulfide) groups is 1. The van der Waals surface area contributed by atoms with Crippen molar-refractivity contribution in [2.45, 2.75) is 25.4 Å². The van der Waals surface area contributed by atoms with E-state index in [-0.39, 0.29) is 11.9 Å². The van der Waals surface area contributed by atoms with Gasteiger partial charge in [0.1, 0.15) is 6.04 Å². The Morgan fingerprint density at radius 2 is 2.19 bits per heavy atom. The molecule has 0 saturated carbocycles. The van der Waals surface area contributed by atoms with Gasteiger partial charge in [0.25, 0.3) is 0 Å². The summed E-state index contributed by atoms with van der Waals surface area (Å²) in [6, 6.07) is 7.45. The fourth-order valence-electron chi connectivity index (χ4n) is 2.51. The summed E-state index contributed by atoms with van der Waals surface area (Å²) in [4.78, 5) is 25.4. The SMILES string of the molecule is COC(=O)C(N)CSCC(=O)N1c2ccccc2CC1C. The van der Waals surface area contributed by atoms with Crippen molar-refractivity contribution in [2.24, 2.45) is 5.73 Å². The Morgan fingerprint density at radius 1 is 1.48 bits per heavy atom. The molecule has 5 nitrogen and oxygen atoms in total. The summed E-state index contributed by atoms with van der Waals surface area (Å²) in [5, 5.41) is 0. The third kappa shape index (κ3) is 3.57. The zero-order chi connectivity index (χ0) is 15.4. The number of esters is 1. The molecular formula is C15H20N2O3S. The van der Waals surface area contributed by atoms with Gasteiger partial charge in [-0.3, -0.25) is 9.59 Å². The molecule has 2 atom stereocenters. The van der Waals surface area contributed by atoms with Crippen LogP contribution in [0.1, 0.15) is 12.5 Å². The van der Waals surface area contributed by atoms with Crippen molar-refractivity contribution in [1.29, 1.82) is 0 Å². The smallest absolute Gasteiger partial charge is 0.323 e. The maximum absolute atomic E-state index is 12.4. The first-order chi connectivity index (χ1) is 10.0. The number of fused-ring (bicyclic) bond motifs is 1. The van der Waals surface area contributed by atoms with Crippen LogP contribution in [0.25, 0.3) is 0 Å². The number of amides is 1. The van der Waals surface area contributed by atoms with Gasteiger partial charge in [0.15, 0.2) is 0 Å². The minimum absolute atomic E-state index is 0.0505. The zero-order valence-corrected chi connectivity index (χ0v) is 13.1. The Hall–Kier alpha value is -1.53. The zero-order valence-electron chi connectivity index (χ0n) is 12.2. The van der Waals surface area contributed by atoms with E-state index < -0.39 is 12.0 Å². The highest BCUT2D eigenvalue weighted by atomic mass is 32.2. The van der Waals surface area contributed by atoms with Crippen LogP contribution in [-0.4, -0.2) is 42.6 Å². The van der Waals surface area contributed by atoms with Gasteiger partial charge in [-0.25, -0.2) is 0 Å². The third-order valence-corrected chi connectivity index (χ3v) is 4.55. The fourth-order valence-corrected chi connectivity index (χ4v) is 3.33. The summed E-state index contributed by atoms with van der Waals surface area (Å²) in [6.45, 7) is 2.04. The van der Waals surface area contributed by atoms with Crippen molar-refractivity contribution in [3.05, 3.63) is 29.8 Å². The average molecular weight is 308 g/mol. The summed E-state index contributed by atoms with van der Waals surface area (Å²) < 4.78 is 4.56. The Bertz CT molecular complexity index is 535. The lowest BCUT2D eigenvalue weighted by Gasteiger charge is -2.22. The maximum Gasteiger partial charge on any atom is 0.323 e. The second-order valence-electron chi connectivity index (χ2n) is 5.09. The van der Waals surface area contributed by atoms with Crippen LogP contribution in [0.2, 0.25) is 0 Å². The van der Waals surface area contributed by atoms with E-state index in [9.17, 15) is 9.59 Å². The lowest BCUT2D eigenvalue weighted by Crippen LogP contribution is -2.38. The normalized spacial score (nSPS) is 18.2. The second-order valence-corrected chi connectivity index (χ2v) is 6.12. The first kappa shape index (κ1) is 15.9. The summed E-state index contributed by atoms with van der Waals surface area (Å²) >= 11 is 1.36. The van der Waals surface area contributed by atoms with Gasteiger partial charge in [-0.15, -0.1) is 11.8 Å². The lowest BCUT2D eigenvalue weighted by molar-refractivity contribution is -0.141. The third-order valence-electron chi connectivity index (χ3n) is 3.50. The molecule has 2 unspecified atom stereocenters. The molecule has 6 heteroatoms. The van der Waals surface area contributed by atoms with Gasteiger partial charge < -0.3 is 15.4 Å². The number of hydrogen-bond donors (Lipinski definition) is 1. The molecule has 0 fully saturated rings. The van der Waals surface area contributed by atoms with Gasteiger partial charge in [-0.05, 0) is 25.0 Å². The number of ether oxygens (including phenoxy) is 1. The molecular weight excluding hydrogens is 288 g/mol. The van der Waals surface area contributed by atoms with E-state index in [0.29, 0.717) is 11.5 Å². The van der Waals surface area contributed by atoms with Gasteiger partial charge in [0.05, 0.1) is 12.9 Å². The van der Waals surface area contributed by atoms with Crippen molar-refractivity contribution in [3.8, 4) is 0 Å². The number of carbonyl (C=O) groups excluding carboxylic acids is 2. The predicted octanol–water partition coefficient (Wildman–Crippen LogP) is 1.20. The number of nitrogens with zero attached hydrogens (tertiary/aromatic N) is 1. The number of hydrogen-bond acceptors (Lipinski definition) is 5. The van der Waals surface area contributed by atoms with Crippen LogP contribution >= 0.6 is 11.8 Å². The van der Waals surface area contributed by atoms with Crippen molar-refractivity contribution in [1.82, 2.24) is 0 Å². The fraction of sp³-hybridized carbons (Fsp3) is 0.467. The monoisotopic (exact) mass is 308 g/mol. The number of methoxy groups -OCH3 is 1. The quantitative estimate of drug-likeness (QED) is 0.828. The van der Waals surface area contributed by atoms with Gasteiger partial charge in [0.2, 0.25) is 5.91 Å². The molecule has 0 radical (unpaired) electrons. The summed E-state index contributed by atoms with van der Waals surface area (Å²) in [5.41, 5.74) is 7.85. The highest BCUT2D eigenvalue weighted by Gasteiger charge is 2.30. The topological polar surface area (TPSA) is 72.6 Å². The molecule has 0 bridgehead atoms. The number of benzene rings is 1. The molecule has 114 valence electrons. The number of carbonyl (C=O) groups is 2. The minimum Gasteiger partial charge on any atom is -0.468 e. The average Bonchev–Trinajstić information content (AvgIpc) is 2.81. The highest BCUT2D eigenvalue weighted by Crippen LogP contribution is 2.32. The Morgan fingerprint density at radius 3 is 2.90 bits per heavy atom. The Labute approximate surface area is 128 Å². The van der Waals surface area contributed by atoms with E-state index in [4.69, 9.17) is 5.73 Å². The molecule has 0 aromatic heterocycles. The molecule has 0 saturated heterocycles. The van der Waals surface area contributed by atoms with Crippen molar-refractivity contribution in [3.63, 3.8) is 0 Å². The van der Waals surface area contributed by atoms with Crippen molar-refractivity contribution in [2.75, 3.05) is 23.5 Å². The Kier molecular flexibility index (Phi) is 5.25. The van der Waals surface area contributed by atoms with E-state index in [2.05, 4.69) is 10.8 Å². The minimum atomic E-state index is -0.684. The van der Waals surface area contributed by atoms with E-state index in [0.717, 1.165) is 12.1 Å². The van der Waals surface area contributed by atoms with Gasteiger partial charge >= 0.3 is 5.97 Å². The molecule has 21 heavy (non-hydrogen) atoms. The van der Waals surface area contributed by atoms with Crippen LogP contribution in [0.4, 0.5) is 5.69 Å². The molecule has 2 N–H and O–H groups in total. The van der Waals surface area contributed by atoms with Crippen molar-refractivity contribution < 1.29 is 14.3 Å². The summed E-state index contributed by atoms with van der Waals surface area (Å²) in [7, 11) is 1.31. The second kappa shape index (κ2) is 6.95. The number of rotatable bonds is 5. The van der Waals surface area contributed by atoms with E-state index in [1.165, 1.54) is 24.4 Å². The molecule has 2 rings (SSSR count). The van der Waals surface area contributed by atoms with Gasteiger partial charge in [-0.2, -0.15) is 0 Å². The van der Waals surface area contributed by atoms with Crippen LogP contribution in [0.15, 0.2) is 24.3 Å². The van der Waals surface area contributed by atoms with E-state index >= 15 is 0 Å². The summed E-state index contributed by atoms with van der Waals surface area (Å²) in [6.07, 6.45) is 0.883. The van der Waals surface area contributed by atoms with Gasteiger partial charge in [-0.1, -0.05) is 18.2 Å². The Balaban J connectivity index is 1.91. The van der Waals surface area contributed by atoms with E-state index in [1.807, 2.05) is 30.0 Å². The molecule has 1 amide bonds. The number of para-hydroxylation sites is 1. The molecule has 1 heterocycles. The maximum atomic E-state index is 12.4. The standard InChI is InChI=1S/C15H20N2O3S/c1-10-7-11-5-3-4-6-13(11)17(10)14(18)9-21-8-12(16)15(19)20-2/h3-6,10,12H,7-9,16H2,1-2H3. The summed E-state index contributed by atoms with van der Waals surface area (Å²) in [5.74, 6) is 0.287. The van der Waals surface area contributed by atoms with Crippen LogP contribution in [0.3, 0.4) is 0 Å². The van der Waals surface area contributed by atoms with Crippen LogP contribution in [0, 0.1) is 0 Å². The lowest BCUT2D eigenvalue weighted by atomic mass is 10.1.